The molecule has 1 aromatic rings. The maximum Gasteiger partial charge on any atom is 0.287 e. The third kappa shape index (κ3) is 2.27. The van der Waals surface area contributed by atoms with Crippen LogP contribution in [0, 0.1) is 10.1 Å². The van der Waals surface area contributed by atoms with Crippen molar-refractivity contribution in [1.29, 1.82) is 0 Å². The lowest BCUT2D eigenvalue weighted by molar-refractivity contribution is -0.385. The molecular weight excluding hydrogens is 208 g/mol. The highest BCUT2D eigenvalue weighted by Gasteiger charge is 2.18. The molecule has 6 heteroatoms. The average Bonchev–Trinajstić information content (AvgIpc) is 2.29. The Labute approximate surface area is 93.2 Å². The van der Waals surface area contributed by atoms with Crippen LogP contribution >= 0.6 is 0 Å². The zero-order chi connectivity index (χ0) is 11.5. The Bertz CT molecular complexity index is 379. The zero-order valence-electron chi connectivity index (χ0n) is 8.87. The summed E-state index contributed by atoms with van der Waals surface area (Å²) in [6, 6.07) is 3.32. The highest BCUT2D eigenvalue weighted by molar-refractivity contribution is 5.43. The van der Waals surface area contributed by atoms with Crippen molar-refractivity contribution >= 4 is 11.5 Å². The van der Waals surface area contributed by atoms with Crippen molar-refractivity contribution in [3.05, 3.63) is 28.4 Å². The van der Waals surface area contributed by atoms with E-state index in [0.717, 1.165) is 31.7 Å². The summed E-state index contributed by atoms with van der Waals surface area (Å²) >= 11 is 0. The third-order valence-electron chi connectivity index (χ3n) is 2.72. The predicted molar refractivity (Wildman–Crippen MR) is 60.3 cm³/mol. The van der Waals surface area contributed by atoms with Crippen molar-refractivity contribution in [2.75, 3.05) is 18.0 Å². The molecule has 86 valence electrons. The van der Waals surface area contributed by atoms with Crippen LogP contribution in [0.25, 0.3) is 0 Å². The van der Waals surface area contributed by atoms with E-state index in [0.29, 0.717) is 0 Å². The summed E-state index contributed by atoms with van der Waals surface area (Å²) in [5.74, 6) is 0.765. The second kappa shape index (κ2) is 4.44. The highest BCUT2D eigenvalue weighted by Crippen LogP contribution is 2.19. The number of nitrogens with two attached hydrogens (primary N) is 1. The standard InChI is InChI=1S/C10H14N4O2/c11-8-2-1-5-13(7-8)10-4-3-9(6-12-10)14(15)16/h3-4,6,8H,1-2,5,7,11H2/t8-/m0/s1. The molecule has 1 aromatic heterocycles. The Morgan fingerprint density at radius 2 is 2.38 bits per heavy atom. The summed E-state index contributed by atoms with van der Waals surface area (Å²) in [5.41, 5.74) is 5.88. The first-order chi connectivity index (χ1) is 7.66. The maximum absolute atomic E-state index is 10.5. The molecular formula is C10H14N4O2. The van der Waals surface area contributed by atoms with E-state index in [9.17, 15) is 10.1 Å². The Balaban J connectivity index is 2.11. The van der Waals surface area contributed by atoms with Gasteiger partial charge in [0.1, 0.15) is 12.0 Å². The van der Waals surface area contributed by atoms with E-state index in [1.54, 1.807) is 6.07 Å². The van der Waals surface area contributed by atoms with Crippen LogP contribution in [0.5, 0.6) is 0 Å². The van der Waals surface area contributed by atoms with Gasteiger partial charge in [0.25, 0.3) is 5.69 Å². The molecule has 0 amide bonds. The first-order valence-corrected chi connectivity index (χ1v) is 5.28. The van der Waals surface area contributed by atoms with E-state index < -0.39 is 4.92 Å². The molecule has 6 nitrogen and oxygen atoms in total. The fourth-order valence-electron chi connectivity index (χ4n) is 1.89. The van der Waals surface area contributed by atoms with Gasteiger partial charge in [-0.25, -0.2) is 4.98 Å². The van der Waals surface area contributed by atoms with Crippen LogP contribution < -0.4 is 10.6 Å². The van der Waals surface area contributed by atoms with Crippen molar-refractivity contribution in [3.63, 3.8) is 0 Å². The van der Waals surface area contributed by atoms with Crippen molar-refractivity contribution in [2.24, 2.45) is 5.73 Å². The Morgan fingerprint density at radius 1 is 1.56 bits per heavy atom. The second-order valence-electron chi connectivity index (χ2n) is 3.98. The van der Waals surface area contributed by atoms with Crippen LogP contribution in [0.3, 0.4) is 0 Å². The van der Waals surface area contributed by atoms with Gasteiger partial charge in [-0.2, -0.15) is 0 Å². The number of piperidine rings is 1. The minimum atomic E-state index is -0.446. The topological polar surface area (TPSA) is 85.3 Å². The predicted octanol–water partition coefficient (Wildman–Crippen LogP) is 0.917. The van der Waals surface area contributed by atoms with Crippen LogP contribution in [-0.2, 0) is 0 Å². The molecule has 0 bridgehead atoms. The molecule has 0 radical (unpaired) electrons. The van der Waals surface area contributed by atoms with Crippen molar-refractivity contribution < 1.29 is 4.92 Å². The Kier molecular flexibility index (Phi) is 3.00. The molecule has 0 aliphatic carbocycles. The largest absolute Gasteiger partial charge is 0.355 e. The number of hydrogen-bond donors (Lipinski definition) is 1. The molecule has 1 fully saturated rings. The molecule has 2 rings (SSSR count). The van der Waals surface area contributed by atoms with Gasteiger partial charge in [0, 0.05) is 25.2 Å². The zero-order valence-corrected chi connectivity index (χ0v) is 8.87. The number of anilines is 1. The van der Waals surface area contributed by atoms with Gasteiger partial charge in [0.05, 0.1) is 4.92 Å². The quantitative estimate of drug-likeness (QED) is 0.594. The Hall–Kier alpha value is -1.69. The van der Waals surface area contributed by atoms with Gasteiger partial charge in [-0.05, 0) is 18.9 Å². The highest BCUT2D eigenvalue weighted by atomic mass is 16.6. The Morgan fingerprint density at radius 3 is 2.94 bits per heavy atom. The SMILES string of the molecule is N[C@H]1CCCN(c2ccc([N+](=O)[O-])cn2)C1. The van der Waals surface area contributed by atoms with Gasteiger partial charge in [0.2, 0.25) is 0 Å². The van der Waals surface area contributed by atoms with E-state index in [-0.39, 0.29) is 11.7 Å². The molecule has 2 heterocycles. The molecule has 0 unspecified atom stereocenters. The number of aromatic nitrogens is 1. The van der Waals surface area contributed by atoms with Gasteiger partial charge >= 0.3 is 0 Å². The van der Waals surface area contributed by atoms with Crippen LogP contribution in [0.15, 0.2) is 18.3 Å². The fraction of sp³-hybridized carbons (Fsp3) is 0.500. The summed E-state index contributed by atoms with van der Waals surface area (Å²) in [6.45, 7) is 1.68. The number of nitro groups is 1. The summed E-state index contributed by atoms with van der Waals surface area (Å²) in [4.78, 5) is 16.2. The van der Waals surface area contributed by atoms with Gasteiger partial charge in [0.15, 0.2) is 0 Å². The van der Waals surface area contributed by atoms with Crippen LogP contribution in [0.4, 0.5) is 11.5 Å². The van der Waals surface area contributed by atoms with E-state index in [2.05, 4.69) is 9.88 Å². The lowest BCUT2D eigenvalue weighted by atomic mass is 10.1. The van der Waals surface area contributed by atoms with Crippen LogP contribution in [-0.4, -0.2) is 29.0 Å². The van der Waals surface area contributed by atoms with E-state index in [4.69, 9.17) is 5.73 Å². The maximum atomic E-state index is 10.5. The normalized spacial score (nSPS) is 20.8. The van der Waals surface area contributed by atoms with E-state index in [1.807, 2.05) is 0 Å². The van der Waals surface area contributed by atoms with Crippen LogP contribution in [0.2, 0.25) is 0 Å². The number of rotatable bonds is 2. The molecule has 0 aromatic carbocycles. The summed E-state index contributed by atoms with van der Waals surface area (Å²) in [5, 5.41) is 10.5. The smallest absolute Gasteiger partial charge is 0.287 e. The molecule has 0 saturated carbocycles. The lowest BCUT2D eigenvalue weighted by Gasteiger charge is -2.31. The molecule has 1 saturated heterocycles. The third-order valence-corrected chi connectivity index (χ3v) is 2.72. The minimum Gasteiger partial charge on any atom is -0.355 e. The summed E-state index contributed by atoms with van der Waals surface area (Å²) in [7, 11) is 0. The molecule has 16 heavy (non-hydrogen) atoms. The van der Waals surface area contributed by atoms with Gasteiger partial charge in [-0.15, -0.1) is 0 Å². The second-order valence-corrected chi connectivity index (χ2v) is 3.98. The lowest BCUT2D eigenvalue weighted by Crippen LogP contribution is -2.43. The fourth-order valence-corrected chi connectivity index (χ4v) is 1.89. The van der Waals surface area contributed by atoms with Crippen molar-refractivity contribution in [3.8, 4) is 0 Å². The number of hydrogen-bond acceptors (Lipinski definition) is 5. The van der Waals surface area contributed by atoms with Crippen molar-refractivity contribution in [1.82, 2.24) is 4.98 Å². The first kappa shape index (κ1) is 10.8. The number of nitrogens with zero attached hydrogens (tertiary/aromatic N) is 3. The molecule has 0 spiro atoms. The van der Waals surface area contributed by atoms with E-state index in [1.165, 1.54) is 12.3 Å². The summed E-state index contributed by atoms with van der Waals surface area (Å²) in [6.07, 6.45) is 3.36. The summed E-state index contributed by atoms with van der Waals surface area (Å²) < 4.78 is 0. The number of pyridine rings is 1. The molecule has 1 aliphatic rings. The molecule has 1 aliphatic heterocycles. The minimum absolute atomic E-state index is 0.0186. The van der Waals surface area contributed by atoms with E-state index >= 15 is 0 Å². The first-order valence-electron chi connectivity index (χ1n) is 5.28. The van der Waals surface area contributed by atoms with Crippen molar-refractivity contribution in [2.45, 2.75) is 18.9 Å². The van der Waals surface area contributed by atoms with Crippen LogP contribution in [0.1, 0.15) is 12.8 Å². The van der Waals surface area contributed by atoms with Gasteiger partial charge in [-0.1, -0.05) is 0 Å². The molecule has 1 atom stereocenters. The monoisotopic (exact) mass is 222 g/mol. The average molecular weight is 222 g/mol. The van der Waals surface area contributed by atoms with Gasteiger partial charge in [-0.3, -0.25) is 10.1 Å². The van der Waals surface area contributed by atoms with Gasteiger partial charge < -0.3 is 10.6 Å². The molecule has 2 N–H and O–H groups in total.